The quantitative estimate of drug-likeness (QED) is 0.846. The summed E-state index contributed by atoms with van der Waals surface area (Å²) in [6.45, 7) is 5.70. The Labute approximate surface area is 119 Å². The standard InChI is InChI=1S/C16H19N3O/c1-12-5-7-14(8-6-12)17-16(20)19-11-10-18-9-3-4-15(18)13(19)2/h3-9,13H,10-11H2,1-2H3,(H,17,20)/t13-/m0/s1. The Morgan fingerprint density at radius 2 is 1.95 bits per heavy atom. The molecule has 1 atom stereocenters. The fourth-order valence-electron chi connectivity index (χ4n) is 2.69. The van der Waals surface area contributed by atoms with Crippen LogP contribution in [-0.2, 0) is 6.54 Å². The number of fused-ring (bicyclic) bond motifs is 1. The van der Waals surface area contributed by atoms with Crippen molar-refractivity contribution in [2.75, 3.05) is 11.9 Å². The van der Waals surface area contributed by atoms with E-state index in [9.17, 15) is 4.79 Å². The fraction of sp³-hybridized carbons (Fsp3) is 0.312. The molecule has 2 amide bonds. The predicted molar refractivity (Wildman–Crippen MR) is 79.8 cm³/mol. The normalized spacial score (nSPS) is 17.7. The Morgan fingerprint density at radius 1 is 1.20 bits per heavy atom. The van der Waals surface area contributed by atoms with Gasteiger partial charge in [-0.1, -0.05) is 17.7 Å². The van der Waals surface area contributed by atoms with E-state index in [0.29, 0.717) is 0 Å². The van der Waals surface area contributed by atoms with Gasteiger partial charge in [0, 0.05) is 30.7 Å². The summed E-state index contributed by atoms with van der Waals surface area (Å²) in [6, 6.07) is 12.1. The molecule has 1 aliphatic rings. The third-order valence-electron chi connectivity index (χ3n) is 3.91. The first-order valence-electron chi connectivity index (χ1n) is 6.94. The van der Waals surface area contributed by atoms with Crippen LogP contribution in [0.2, 0.25) is 0 Å². The molecule has 2 heterocycles. The van der Waals surface area contributed by atoms with Crippen LogP contribution in [0.25, 0.3) is 0 Å². The summed E-state index contributed by atoms with van der Waals surface area (Å²) in [6.07, 6.45) is 2.07. The monoisotopic (exact) mass is 269 g/mol. The summed E-state index contributed by atoms with van der Waals surface area (Å²) in [4.78, 5) is 14.3. The summed E-state index contributed by atoms with van der Waals surface area (Å²) in [5, 5.41) is 2.97. The first-order valence-corrected chi connectivity index (χ1v) is 6.94. The summed E-state index contributed by atoms with van der Waals surface area (Å²) < 4.78 is 2.21. The van der Waals surface area contributed by atoms with Gasteiger partial charge in [-0.3, -0.25) is 0 Å². The van der Waals surface area contributed by atoms with Crippen LogP contribution >= 0.6 is 0 Å². The van der Waals surface area contributed by atoms with Crippen LogP contribution in [0.1, 0.15) is 24.2 Å². The minimum absolute atomic E-state index is 0.0335. The maximum atomic E-state index is 12.4. The number of carbonyl (C=O) groups excluding carboxylic acids is 1. The van der Waals surface area contributed by atoms with Crippen molar-refractivity contribution >= 4 is 11.7 Å². The molecule has 1 aromatic heterocycles. The Morgan fingerprint density at radius 3 is 2.70 bits per heavy atom. The van der Waals surface area contributed by atoms with E-state index in [-0.39, 0.29) is 12.1 Å². The zero-order valence-corrected chi connectivity index (χ0v) is 11.8. The highest BCUT2D eigenvalue weighted by Gasteiger charge is 2.27. The Balaban J connectivity index is 1.73. The van der Waals surface area contributed by atoms with E-state index in [4.69, 9.17) is 0 Å². The summed E-state index contributed by atoms with van der Waals surface area (Å²) in [5.41, 5.74) is 3.22. The number of hydrogen-bond acceptors (Lipinski definition) is 1. The number of aromatic nitrogens is 1. The largest absolute Gasteiger partial charge is 0.348 e. The van der Waals surface area contributed by atoms with E-state index in [1.54, 1.807) is 0 Å². The third-order valence-corrected chi connectivity index (χ3v) is 3.91. The number of benzene rings is 1. The molecule has 1 N–H and O–H groups in total. The Hall–Kier alpha value is -2.23. The van der Waals surface area contributed by atoms with Crippen molar-refractivity contribution in [2.24, 2.45) is 0 Å². The number of rotatable bonds is 1. The first-order chi connectivity index (χ1) is 9.65. The molecule has 0 radical (unpaired) electrons. The molecule has 0 bridgehead atoms. The number of aryl methyl sites for hydroxylation is 1. The van der Waals surface area contributed by atoms with Gasteiger partial charge in [0.15, 0.2) is 0 Å². The highest BCUT2D eigenvalue weighted by atomic mass is 16.2. The van der Waals surface area contributed by atoms with Gasteiger partial charge in [-0.15, -0.1) is 0 Å². The van der Waals surface area contributed by atoms with Crippen LogP contribution in [-0.4, -0.2) is 22.0 Å². The Bertz CT molecular complexity index is 615. The number of carbonyl (C=O) groups is 1. The second-order valence-corrected chi connectivity index (χ2v) is 5.29. The molecule has 0 fully saturated rings. The molecule has 1 aromatic carbocycles. The van der Waals surface area contributed by atoms with Gasteiger partial charge in [-0.2, -0.15) is 0 Å². The smallest absolute Gasteiger partial charge is 0.322 e. The first kappa shape index (κ1) is 12.8. The molecule has 0 aliphatic carbocycles. The van der Waals surface area contributed by atoms with E-state index >= 15 is 0 Å². The van der Waals surface area contributed by atoms with Gasteiger partial charge in [-0.25, -0.2) is 4.79 Å². The molecule has 0 saturated heterocycles. The van der Waals surface area contributed by atoms with Gasteiger partial charge in [0.1, 0.15) is 0 Å². The number of hydrogen-bond donors (Lipinski definition) is 1. The number of anilines is 1. The number of amides is 2. The summed E-state index contributed by atoms with van der Waals surface area (Å²) in [7, 11) is 0. The zero-order valence-electron chi connectivity index (χ0n) is 11.8. The van der Waals surface area contributed by atoms with Crippen LogP contribution < -0.4 is 5.32 Å². The lowest BCUT2D eigenvalue weighted by molar-refractivity contribution is 0.175. The van der Waals surface area contributed by atoms with Crippen molar-refractivity contribution in [3.8, 4) is 0 Å². The van der Waals surface area contributed by atoms with Gasteiger partial charge in [0.05, 0.1) is 6.04 Å². The summed E-state index contributed by atoms with van der Waals surface area (Å²) in [5.74, 6) is 0. The second kappa shape index (κ2) is 5.04. The van der Waals surface area contributed by atoms with Crippen LogP contribution in [0, 0.1) is 6.92 Å². The molecular weight excluding hydrogens is 250 g/mol. The predicted octanol–water partition coefficient (Wildman–Crippen LogP) is 3.41. The summed E-state index contributed by atoms with van der Waals surface area (Å²) >= 11 is 0. The van der Waals surface area contributed by atoms with Gasteiger partial charge < -0.3 is 14.8 Å². The fourth-order valence-corrected chi connectivity index (χ4v) is 2.69. The molecule has 0 spiro atoms. The molecular formula is C16H19N3O. The maximum absolute atomic E-state index is 12.4. The van der Waals surface area contributed by atoms with E-state index in [1.807, 2.05) is 42.2 Å². The number of nitrogens with one attached hydrogen (secondary N) is 1. The van der Waals surface area contributed by atoms with E-state index in [1.165, 1.54) is 11.3 Å². The minimum atomic E-state index is -0.0335. The molecule has 0 saturated carbocycles. The van der Waals surface area contributed by atoms with E-state index < -0.39 is 0 Å². The average molecular weight is 269 g/mol. The third kappa shape index (κ3) is 2.29. The second-order valence-electron chi connectivity index (χ2n) is 5.29. The van der Waals surface area contributed by atoms with Crippen molar-refractivity contribution in [3.63, 3.8) is 0 Å². The average Bonchev–Trinajstić information content (AvgIpc) is 2.91. The molecule has 3 rings (SSSR count). The van der Waals surface area contributed by atoms with E-state index in [2.05, 4.69) is 29.1 Å². The van der Waals surface area contributed by atoms with Crippen molar-refractivity contribution in [1.82, 2.24) is 9.47 Å². The van der Waals surface area contributed by atoms with Crippen LogP contribution in [0.4, 0.5) is 10.5 Å². The van der Waals surface area contributed by atoms with Gasteiger partial charge in [-0.05, 0) is 38.1 Å². The Kier molecular flexibility index (Phi) is 3.22. The van der Waals surface area contributed by atoms with Crippen molar-refractivity contribution in [2.45, 2.75) is 26.4 Å². The maximum Gasteiger partial charge on any atom is 0.322 e. The topological polar surface area (TPSA) is 37.3 Å². The minimum Gasteiger partial charge on any atom is -0.348 e. The van der Waals surface area contributed by atoms with Gasteiger partial charge in [0.2, 0.25) is 0 Å². The number of nitrogens with zero attached hydrogens (tertiary/aromatic N) is 2. The highest BCUT2D eigenvalue weighted by Crippen LogP contribution is 2.25. The van der Waals surface area contributed by atoms with Crippen LogP contribution in [0.5, 0.6) is 0 Å². The molecule has 4 heteroatoms. The van der Waals surface area contributed by atoms with Crippen molar-refractivity contribution in [3.05, 3.63) is 53.9 Å². The van der Waals surface area contributed by atoms with Crippen LogP contribution in [0.15, 0.2) is 42.6 Å². The molecule has 104 valence electrons. The lowest BCUT2D eigenvalue weighted by atomic mass is 10.1. The number of urea groups is 1. The highest BCUT2D eigenvalue weighted by molar-refractivity contribution is 5.89. The molecule has 2 aromatic rings. The molecule has 4 nitrogen and oxygen atoms in total. The molecule has 20 heavy (non-hydrogen) atoms. The van der Waals surface area contributed by atoms with Crippen molar-refractivity contribution < 1.29 is 4.79 Å². The van der Waals surface area contributed by atoms with Gasteiger partial charge >= 0.3 is 6.03 Å². The SMILES string of the molecule is Cc1ccc(NC(=O)N2CCn3cccc3[C@@H]2C)cc1. The molecule has 0 unspecified atom stereocenters. The van der Waals surface area contributed by atoms with Crippen molar-refractivity contribution in [1.29, 1.82) is 0 Å². The molecule has 1 aliphatic heterocycles. The van der Waals surface area contributed by atoms with Gasteiger partial charge in [0.25, 0.3) is 0 Å². The lowest BCUT2D eigenvalue weighted by Gasteiger charge is -2.34. The van der Waals surface area contributed by atoms with Crippen LogP contribution in [0.3, 0.4) is 0 Å². The lowest BCUT2D eigenvalue weighted by Crippen LogP contribution is -2.42. The van der Waals surface area contributed by atoms with E-state index in [0.717, 1.165) is 18.8 Å². The zero-order chi connectivity index (χ0) is 14.1.